The predicted octanol–water partition coefficient (Wildman–Crippen LogP) is 3.72. The second-order valence-corrected chi connectivity index (χ2v) is 7.78. The van der Waals surface area contributed by atoms with E-state index in [0.29, 0.717) is 18.4 Å². The zero-order valence-electron chi connectivity index (χ0n) is 13.9. The van der Waals surface area contributed by atoms with Gasteiger partial charge < -0.3 is 9.47 Å². The van der Waals surface area contributed by atoms with Crippen LogP contribution in [0.1, 0.15) is 50.3 Å². The van der Waals surface area contributed by atoms with Crippen LogP contribution in [0.3, 0.4) is 0 Å². The van der Waals surface area contributed by atoms with Crippen molar-refractivity contribution < 1.29 is 4.79 Å². The molecule has 0 unspecified atom stereocenters. The number of rotatable bonds is 3. The summed E-state index contributed by atoms with van der Waals surface area (Å²) in [7, 11) is 0. The topological polar surface area (TPSA) is 63.1 Å². The largest absolute Gasteiger partial charge is 0.332 e. The third-order valence-corrected chi connectivity index (χ3v) is 6.15. The van der Waals surface area contributed by atoms with E-state index in [1.54, 1.807) is 6.20 Å². The van der Waals surface area contributed by atoms with Crippen LogP contribution in [-0.2, 0) is 0 Å². The quantitative estimate of drug-likeness (QED) is 0.922. The van der Waals surface area contributed by atoms with E-state index in [2.05, 4.69) is 32.2 Å². The van der Waals surface area contributed by atoms with Crippen molar-refractivity contribution in [2.45, 2.75) is 44.6 Å². The Labute approximate surface area is 145 Å². The van der Waals surface area contributed by atoms with Gasteiger partial charge in [0.15, 0.2) is 5.13 Å². The third kappa shape index (κ3) is 3.05. The maximum absolute atomic E-state index is 12.6. The lowest BCUT2D eigenvalue weighted by Crippen LogP contribution is -2.45. The Morgan fingerprint density at radius 2 is 2.25 bits per heavy atom. The van der Waals surface area contributed by atoms with Gasteiger partial charge in [0.25, 0.3) is 0 Å². The molecule has 1 N–H and O–H groups in total. The lowest BCUT2D eigenvalue weighted by Gasteiger charge is -2.37. The number of imidazole rings is 1. The molecule has 4 rings (SSSR count). The van der Waals surface area contributed by atoms with Gasteiger partial charge in [-0.2, -0.15) is 0 Å². The number of hydrogen-bond donors (Lipinski definition) is 1. The molecule has 2 aliphatic rings. The third-order valence-electron chi connectivity index (χ3n) is 5.37. The number of nitrogens with one attached hydrogen (secondary N) is 1. The Kier molecular flexibility index (Phi) is 4.26. The molecule has 1 aliphatic heterocycles. The first-order chi connectivity index (χ1) is 11.7. The molecule has 1 saturated carbocycles. The monoisotopic (exact) mass is 345 g/mol. The highest BCUT2D eigenvalue weighted by atomic mass is 32.1. The van der Waals surface area contributed by atoms with Gasteiger partial charge in [-0.25, -0.2) is 14.8 Å². The van der Waals surface area contributed by atoms with Crippen LogP contribution in [0.4, 0.5) is 9.93 Å². The fourth-order valence-electron chi connectivity index (χ4n) is 3.49. The molecule has 7 heteroatoms. The van der Waals surface area contributed by atoms with Gasteiger partial charge in [-0.05, 0) is 25.2 Å². The van der Waals surface area contributed by atoms with E-state index in [9.17, 15) is 4.79 Å². The Balaban J connectivity index is 1.39. The van der Waals surface area contributed by atoms with E-state index in [4.69, 9.17) is 0 Å². The van der Waals surface area contributed by atoms with Crippen molar-refractivity contribution in [3.63, 3.8) is 0 Å². The average molecular weight is 345 g/mol. The van der Waals surface area contributed by atoms with Gasteiger partial charge in [0.05, 0.1) is 18.1 Å². The lowest BCUT2D eigenvalue weighted by molar-refractivity contribution is 0.149. The minimum Gasteiger partial charge on any atom is -0.332 e. The molecule has 2 aromatic rings. The average Bonchev–Trinajstić information content (AvgIpc) is 3.18. The number of carbonyl (C=O) groups excluding carboxylic acids is 1. The van der Waals surface area contributed by atoms with Crippen LogP contribution < -0.4 is 5.32 Å². The number of hydrogen-bond acceptors (Lipinski definition) is 4. The van der Waals surface area contributed by atoms with Crippen LogP contribution in [-0.4, -0.2) is 38.6 Å². The number of amides is 2. The number of piperidine rings is 1. The van der Waals surface area contributed by atoms with Crippen LogP contribution in [0.5, 0.6) is 0 Å². The van der Waals surface area contributed by atoms with Gasteiger partial charge in [-0.15, -0.1) is 11.3 Å². The summed E-state index contributed by atoms with van der Waals surface area (Å²) in [6.45, 7) is 3.74. The van der Waals surface area contributed by atoms with Gasteiger partial charge >= 0.3 is 6.03 Å². The SMILES string of the molecule is C[C@H]1CCN(C(=O)Nc2nc(C3CCC3)cs2)C[C@@H]1n1ccnc1. The fourth-order valence-corrected chi connectivity index (χ4v) is 4.27. The second kappa shape index (κ2) is 6.55. The first kappa shape index (κ1) is 15.6. The molecule has 6 nitrogen and oxygen atoms in total. The molecule has 3 heterocycles. The second-order valence-electron chi connectivity index (χ2n) is 6.92. The minimum absolute atomic E-state index is 0.0403. The van der Waals surface area contributed by atoms with Crippen LogP contribution in [0.15, 0.2) is 24.1 Å². The molecule has 0 bridgehead atoms. The van der Waals surface area contributed by atoms with E-state index in [-0.39, 0.29) is 12.1 Å². The molecule has 0 spiro atoms. The number of anilines is 1. The maximum Gasteiger partial charge on any atom is 0.323 e. The molecule has 1 saturated heterocycles. The van der Waals surface area contributed by atoms with Crippen molar-refractivity contribution in [2.75, 3.05) is 18.4 Å². The van der Waals surface area contributed by atoms with Crippen molar-refractivity contribution in [2.24, 2.45) is 5.92 Å². The van der Waals surface area contributed by atoms with Gasteiger partial charge in [-0.3, -0.25) is 5.32 Å². The Bertz CT molecular complexity index is 694. The summed E-state index contributed by atoms with van der Waals surface area (Å²) in [5, 5.41) is 5.80. The summed E-state index contributed by atoms with van der Waals surface area (Å²) >= 11 is 1.53. The number of nitrogens with zero attached hydrogens (tertiary/aromatic N) is 4. The highest BCUT2D eigenvalue weighted by Gasteiger charge is 2.30. The van der Waals surface area contributed by atoms with Gasteiger partial charge in [0.2, 0.25) is 0 Å². The van der Waals surface area contributed by atoms with Crippen molar-refractivity contribution in [3.05, 3.63) is 29.8 Å². The molecule has 0 aromatic carbocycles. The van der Waals surface area contributed by atoms with Crippen molar-refractivity contribution >= 4 is 22.5 Å². The van der Waals surface area contributed by atoms with Gasteiger partial charge in [0.1, 0.15) is 0 Å². The normalized spacial score (nSPS) is 24.6. The van der Waals surface area contributed by atoms with Gasteiger partial charge in [-0.1, -0.05) is 13.3 Å². The standard InChI is InChI=1S/C17H23N5OS/c1-12-5-7-21(9-15(12)22-8-6-18-11-22)17(23)20-16-19-14(10-24-16)13-3-2-4-13/h6,8,10-13,15H,2-5,7,9H2,1H3,(H,19,20,23)/t12-,15-/m0/s1. The summed E-state index contributed by atoms with van der Waals surface area (Å²) in [6, 6.07) is 0.246. The van der Waals surface area contributed by atoms with Crippen molar-refractivity contribution in [1.29, 1.82) is 0 Å². The van der Waals surface area contributed by atoms with E-state index in [0.717, 1.165) is 23.8 Å². The van der Waals surface area contributed by atoms with E-state index in [1.165, 1.54) is 30.6 Å². The first-order valence-corrected chi connectivity index (χ1v) is 9.57. The molecular weight excluding hydrogens is 322 g/mol. The summed E-state index contributed by atoms with van der Waals surface area (Å²) in [5.41, 5.74) is 1.14. The summed E-state index contributed by atoms with van der Waals surface area (Å²) in [4.78, 5) is 23.2. The number of aromatic nitrogens is 3. The van der Waals surface area contributed by atoms with Gasteiger partial charge in [0, 0.05) is 36.8 Å². The van der Waals surface area contributed by atoms with Crippen molar-refractivity contribution in [1.82, 2.24) is 19.4 Å². The highest BCUT2D eigenvalue weighted by molar-refractivity contribution is 7.13. The zero-order chi connectivity index (χ0) is 16.5. The fraction of sp³-hybridized carbons (Fsp3) is 0.588. The molecule has 2 fully saturated rings. The molecule has 2 aromatic heterocycles. The first-order valence-electron chi connectivity index (χ1n) is 8.69. The predicted molar refractivity (Wildman–Crippen MR) is 94.3 cm³/mol. The van der Waals surface area contributed by atoms with E-state index >= 15 is 0 Å². The van der Waals surface area contributed by atoms with E-state index < -0.39 is 0 Å². The minimum atomic E-state index is -0.0403. The number of urea groups is 1. The Morgan fingerprint density at radius 1 is 1.38 bits per heavy atom. The number of thiazole rings is 1. The molecule has 0 radical (unpaired) electrons. The lowest BCUT2D eigenvalue weighted by atomic mass is 9.83. The zero-order valence-corrected chi connectivity index (χ0v) is 14.7. The highest BCUT2D eigenvalue weighted by Crippen LogP contribution is 2.37. The molecule has 24 heavy (non-hydrogen) atoms. The molecule has 128 valence electrons. The molecular formula is C17H23N5OS. The number of likely N-dealkylation sites (tertiary alicyclic amines) is 1. The van der Waals surface area contributed by atoms with E-state index in [1.807, 2.05) is 17.4 Å². The molecule has 2 amide bonds. The summed E-state index contributed by atoms with van der Waals surface area (Å²) in [6.07, 6.45) is 10.4. The number of carbonyl (C=O) groups is 1. The van der Waals surface area contributed by atoms with Crippen LogP contribution >= 0.6 is 11.3 Å². The van der Waals surface area contributed by atoms with Crippen molar-refractivity contribution in [3.8, 4) is 0 Å². The molecule has 2 atom stereocenters. The smallest absolute Gasteiger partial charge is 0.323 e. The summed E-state index contributed by atoms with van der Waals surface area (Å²) < 4.78 is 2.11. The summed E-state index contributed by atoms with van der Waals surface area (Å²) in [5.74, 6) is 1.14. The van der Waals surface area contributed by atoms with Crippen LogP contribution in [0.2, 0.25) is 0 Å². The van der Waals surface area contributed by atoms with Crippen LogP contribution in [0, 0.1) is 5.92 Å². The maximum atomic E-state index is 12.6. The molecule has 1 aliphatic carbocycles. The van der Waals surface area contributed by atoms with Crippen LogP contribution in [0.25, 0.3) is 0 Å². The Hall–Kier alpha value is -1.89. The Morgan fingerprint density at radius 3 is 2.96 bits per heavy atom.